The number of rotatable bonds is 13. The zero-order valence-electron chi connectivity index (χ0n) is 24.1. The molecule has 3 aromatic rings. The summed E-state index contributed by atoms with van der Waals surface area (Å²) in [6.45, 7) is 9.57. The van der Waals surface area contributed by atoms with Crippen LogP contribution in [0.5, 0.6) is 0 Å². The smallest absolute Gasteiger partial charge is 0.264 e. The van der Waals surface area contributed by atoms with Gasteiger partial charge in [0.1, 0.15) is 12.6 Å². The molecule has 214 valence electrons. The highest BCUT2D eigenvalue weighted by Crippen LogP contribution is 2.26. The summed E-state index contributed by atoms with van der Waals surface area (Å²) in [5.74, 6) is -0.417. The molecular weight excluding hydrogens is 522 g/mol. The highest BCUT2D eigenvalue weighted by Gasteiger charge is 2.33. The van der Waals surface area contributed by atoms with E-state index in [1.54, 1.807) is 30.3 Å². The minimum absolute atomic E-state index is 0.0937. The van der Waals surface area contributed by atoms with E-state index in [1.807, 2.05) is 63.2 Å². The zero-order chi connectivity index (χ0) is 29.3. The maximum absolute atomic E-state index is 14.0. The third-order valence-electron chi connectivity index (χ3n) is 6.76. The van der Waals surface area contributed by atoms with Gasteiger partial charge in [0.2, 0.25) is 11.8 Å². The van der Waals surface area contributed by atoms with E-state index in [0.717, 1.165) is 15.4 Å². The normalized spacial score (nSPS) is 12.3. The first-order valence-corrected chi connectivity index (χ1v) is 15.3. The van der Waals surface area contributed by atoms with E-state index in [-0.39, 0.29) is 29.3 Å². The quantitative estimate of drug-likeness (QED) is 0.303. The minimum atomic E-state index is -4.07. The Morgan fingerprint density at radius 1 is 0.825 bits per heavy atom. The third kappa shape index (κ3) is 7.94. The molecule has 0 aliphatic carbocycles. The number of carbonyl (C=O) groups excluding carboxylic acids is 2. The van der Waals surface area contributed by atoms with Crippen LogP contribution in [0.1, 0.15) is 58.1 Å². The van der Waals surface area contributed by atoms with Crippen LogP contribution in [0, 0.1) is 0 Å². The summed E-state index contributed by atoms with van der Waals surface area (Å²) in [4.78, 5) is 28.8. The number of nitrogens with one attached hydrogen (secondary N) is 1. The van der Waals surface area contributed by atoms with E-state index in [1.165, 1.54) is 17.0 Å². The minimum Gasteiger partial charge on any atom is -0.352 e. The summed E-state index contributed by atoms with van der Waals surface area (Å²) in [6.07, 6.45) is 0.931. The predicted octanol–water partition coefficient (Wildman–Crippen LogP) is 5.38. The van der Waals surface area contributed by atoms with Crippen LogP contribution in [0.3, 0.4) is 0 Å². The largest absolute Gasteiger partial charge is 0.352 e. The summed E-state index contributed by atoms with van der Waals surface area (Å²) >= 11 is 0. The van der Waals surface area contributed by atoms with Gasteiger partial charge in [0, 0.05) is 12.6 Å². The first kappa shape index (κ1) is 30.9. The molecule has 0 heterocycles. The molecule has 0 bridgehead atoms. The van der Waals surface area contributed by atoms with Gasteiger partial charge >= 0.3 is 0 Å². The predicted molar refractivity (Wildman–Crippen MR) is 161 cm³/mol. The molecule has 0 aliphatic heterocycles. The van der Waals surface area contributed by atoms with Crippen molar-refractivity contribution in [3.8, 4) is 0 Å². The van der Waals surface area contributed by atoms with E-state index in [0.29, 0.717) is 18.5 Å². The molecule has 0 fully saturated rings. The van der Waals surface area contributed by atoms with E-state index < -0.39 is 28.5 Å². The number of carbonyl (C=O) groups is 2. The lowest BCUT2D eigenvalue weighted by molar-refractivity contribution is -0.139. The fraction of sp³-hybridized carbons (Fsp3) is 0.375. The number of nitrogens with zero attached hydrogens (tertiary/aromatic N) is 2. The Morgan fingerprint density at radius 3 is 1.93 bits per heavy atom. The van der Waals surface area contributed by atoms with Crippen molar-refractivity contribution < 1.29 is 18.0 Å². The van der Waals surface area contributed by atoms with E-state index >= 15 is 0 Å². The van der Waals surface area contributed by atoms with E-state index in [9.17, 15) is 18.0 Å². The van der Waals surface area contributed by atoms with Gasteiger partial charge in [-0.1, -0.05) is 81.4 Å². The maximum Gasteiger partial charge on any atom is 0.264 e. The first-order valence-electron chi connectivity index (χ1n) is 13.9. The topological polar surface area (TPSA) is 86.8 Å². The van der Waals surface area contributed by atoms with Gasteiger partial charge < -0.3 is 10.2 Å². The molecule has 0 saturated heterocycles. The Kier molecular flexibility index (Phi) is 10.9. The fourth-order valence-electron chi connectivity index (χ4n) is 4.55. The number of amides is 2. The number of anilines is 1. The Morgan fingerprint density at radius 2 is 1.40 bits per heavy atom. The molecule has 0 aliphatic rings. The van der Waals surface area contributed by atoms with Crippen molar-refractivity contribution in [2.24, 2.45) is 0 Å². The summed E-state index contributed by atoms with van der Waals surface area (Å²) in [7, 11) is -4.07. The average molecular weight is 564 g/mol. The second-order valence-electron chi connectivity index (χ2n) is 10.5. The monoisotopic (exact) mass is 563 g/mol. The van der Waals surface area contributed by atoms with Crippen LogP contribution < -0.4 is 9.62 Å². The van der Waals surface area contributed by atoms with Crippen LogP contribution >= 0.6 is 0 Å². The molecule has 0 aromatic heterocycles. The second-order valence-corrected chi connectivity index (χ2v) is 12.3. The summed E-state index contributed by atoms with van der Waals surface area (Å²) in [5.41, 5.74) is 2.48. The summed E-state index contributed by atoms with van der Waals surface area (Å²) in [6, 6.07) is 24.2. The van der Waals surface area contributed by atoms with Crippen LogP contribution in [0.4, 0.5) is 5.69 Å². The molecule has 3 rings (SSSR count). The van der Waals surface area contributed by atoms with Gasteiger partial charge in [-0.25, -0.2) is 8.42 Å². The Bertz CT molecular complexity index is 1340. The number of hydrogen-bond donors (Lipinski definition) is 1. The lowest BCUT2D eigenvalue weighted by atomic mass is 10.0. The molecule has 3 aromatic carbocycles. The van der Waals surface area contributed by atoms with Crippen molar-refractivity contribution in [2.75, 3.05) is 17.4 Å². The molecular formula is C32H41N3O4S. The lowest BCUT2D eigenvalue weighted by Gasteiger charge is -2.33. The second kappa shape index (κ2) is 14.1. The first-order chi connectivity index (χ1) is 19.0. The van der Waals surface area contributed by atoms with E-state index in [2.05, 4.69) is 19.2 Å². The average Bonchev–Trinajstić information content (AvgIpc) is 2.94. The molecule has 1 atom stereocenters. The van der Waals surface area contributed by atoms with Crippen molar-refractivity contribution >= 4 is 27.5 Å². The molecule has 0 radical (unpaired) electrons. The van der Waals surface area contributed by atoms with Gasteiger partial charge in [-0.3, -0.25) is 13.9 Å². The Labute approximate surface area is 239 Å². The Balaban J connectivity index is 2.01. The summed E-state index contributed by atoms with van der Waals surface area (Å²) in [5, 5.41) is 2.92. The van der Waals surface area contributed by atoms with Crippen molar-refractivity contribution in [1.82, 2.24) is 10.2 Å². The Hall–Kier alpha value is -3.65. The van der Waals surface area contributed by atoms with Gasteiger partial charge in [-0.05, 0) is 68.0 Å². The van der Waals surface area contributed by atoms with Crippen LogP contribution in [0.25, 0.3) is 0 Å². The van der Waals surface area contributed by atoms with Gasteiger partial charge in [0.25, 0.3) is 10.0 Å². The molecule has 7 nitrogen and oxygen atoms in total. The highest BCUT2D eigenvalue weighted by atomic mass is 32.2. The van der Waals surface area contributed by atoms with Crippen LogP contribution in [0.2, 0.25) is 0 Å². The number of benzene rings is 3. The molecule has 0 spiro atoms. The molecule has 1 N–H and O–H groups in total. The third-order valence-corrected chi connectivity index (χ3v) is 8.55. The van der Waals surface area contributed by atoms with Crippen molar-refractivity contribution in [3.05, 3.63) is 96.1 Å². The molecule has 0 saturated carbocycles. The van der Waals surface area contributed by atoms with Gasteiger partial charge in [-0.2, -0.15) is 0 Å². The maximum atomic E-state index is 14.0. The molecule has 8 heteroatoms. The van der Waals surface area contributed by atoms with Gasteiger partial charge in [0.15, 0.2) is 0 Å². The van der Waals surface area contributed by atoms with Crippen molar-refractivity contribution in [1.29, 1.82) is 0 Å². The molecule has 0 unspecified atom stereocenters. The number of hydrogen-bond acceptors (Lipinski definition) is 4. The van der Waals surface area contributed by atoms with Crippen molar-refractivity contribution in [2.45, 2.75) is 70.4 Å². The van der Waals surface area contributed by atoms with E-state index in [4.69, 9.17) is 0 Å². The van der Waals surface area contributed by atoms with Gasteiger partial charge in [-0.15, -0.1) is 0 Å². The van der Waals surface area contributed by atoms with Crippen LogP contribution in [0.15, 0.2) is 89.8 Å². The molecule has 40 heavy (non-hydrogen) atoms. The van der Waals surface area contributed by atoms with Crippen LogP contribution in [-0.4, -0.2) is 50.3 Å². The summed E-state index contributed by atoms with van der Waals surface area (Å²) < 4.78 is 28.9. The van der Waals surface area contributed by atoms with Gasteiger partial charge in [0.05, 0.1) is 10.6 Å². The SMILES string of the molecule is CC[C@H](C(=O)NC(C)C)N(CCc1ccccc1)C(=O)CN(c1ccc(C(C)C)cc1)S(=O)(=O)c1ccccc1. The fourth-order valence-corrected chi connectivity index (χ4v) is 5.99. The highest BCUT2D eigenvalue weighted by molar-refractivity contribution is 7.92. The lowest BCUT2D eigenvalue weighted by Crippen LogP contribution is -2.54. The standard InChI is InChI=1S/C32H41N3O4S/c1-6-30(32(37)33-25(4)5)34(22-21-26-13-9-7-10-14-26)31(36)23-35(28-19-17-27(18-20-28)24(2)3)40(38,39)29-15-11-8-12-16-29/h7-20,24-25,30H,6,21-23H2,1-5H3,(H,33,37)/t30-/m1/s1. The number of sulfonamides is 1. The zero-order valence-corrected chi connectivity index (χ0v) is 24.9. The van der Waals surface area contributed by atoms with Crippen molar-refractivity contribution in [3.63, 3.8) is 0 Å². The molecule has 2 amide bonds. The van der Waals surface area contributed by atoms with Crippen LogP contribution in [-0.2, 0) is 26.0 Å².